The van der Waals surface area contributed by atoms with E-state index >= 15 is 0 Å². The number of ketones is 1. The fourth-order valence-corrected chi connectivity index (χ4v) is 3.81. The van der Waals surface area contributed by atoms with Crippen LogP contribution in [0, 0.1) is 5.41 Å². The molecule has 0 heterocycles. The first-order valence-electron chi connectivity index (χ1n) is 12.4. The molecule has 0 saturated carbocycles. The summed E-state index contributed by atoms with van der Waals surface area (Å²) in [6, 6.07) is 20.4. The van der Waals surface area contributed by atoms with Crippen molar-refractivity contribution < 1.29 is 29.0 Å². The molecule has 0 aliphatic rings. The topological polar surface area (TPSA) is 140 Å². The zero-order valence-electron chi connectivity index (χ0n) is 22.1. The molecule has 0 fully saturated rings. The number of nitrogens with one attached hydrogen (secondary N) is 2. The van der Waals surface area contributed by atoms with Gasteiger partial charge in [-0.15, -0.1) is 0 Å². The van der Waals surface area contributed by atoms with Gasteiger partial charge in [-0.25, -0.2) is 4.79 Å². The Morgan fingerprint density at radius 1 is 0.974 bits per heavy atom. The summed E-state index contributed by atoms with van der Waals surface area (Å²) in [4.78, 5) is 37.2. The van der Waals surface area contributed by atoms with E-state index < -0.39 is 23.5 Å². The number of Topliss-reactive ketones (excluding diaryl/α,β-unsaturated/α-hetero) is 1. The van der Waals surface area contributed by atoms with Crippen molar-refractivity contribution in [2.75, 3.05) is 29.6 Å². The molecule has 5 N–H and O–H groups in total. The molecule has 3 aromatic carbocycles. The van der Waals surface area contributed by atoms with Gasteiger partial charge in [-0.1, -0.05) is 50.3 Å². The molecule has 9 heteroatoms. The monoisotopic (exact) mass is 531 g/mol. The van der Waals surface area contributed by atoms with Crippen LogP contribution < -0.4 is 21.1 Å². The number of ether oxygens (including phenoxy) is 2. The van der Waals surface area contributed by atoms with Gasteiger partial charge in [0, 0.05) is 22.2 Å². The zero-order chi connectivity index (χ0) is 28.4. The average Bonchev–Trinajstić information content (AvgIpc) is 2.91. The zero-order valence-corrected chi connectivity index (χ0v) is 22.1. The van der Waals surface area contributed by atoms with Gasteiger partial charge < -0.3 is 25.6 Å². The highest BCUT2D eigenvalue weighted by molar-refractivity contribution is 6.01. The van der Waals surface area contributed by atoms with E-state index in [9.17, 15) is 19.5 Å². The maximum atomic E-state index is 13.0. The third-order valence-electron chi connectivity index (χ3n) is 5.87. The molecule has 3 rings (SSSR count). The smallest absolute Gasteiger partial charge is 0.412 e. The van der Waals surface area contributed by atoms with Gasteiger partial charge in [0.1, 0.15) is 18.5 Å². The maximum absolute atomic E-state index is 13.0. The summed E-state index contributed by atoms with van der Waals surface area (Å²) in [6.45, 7) is 4.95. The first kappa shape index (κ1) is 28.9. The third-order valence-corrected chi connectivity index (χ3v) is 5.87. The minimum absolute atomic E-state index is 0.0512. The highest BCUT2D eigenvalue weighted by Gasteiger charge is 2.34. The second-order valence-corrected chi connectivity index (χ2v) is 9.38. The molecule has 0 spiro atoms. The van der Waals surface area contributed by atoms with Gasteiger partial charge in [-0.2, -0.15) is 0 Å². The normalized spacial score (nSPS) is 12.0. The number of carbonyl (C=O) groups is 3. The third kappa shape index (κ3) is 8.18. The molecule has 1 atom stereocenters. The van der Waals surface area contributed by atoms with Gasteiger partial charge in [0.25, 0.3) is 0 Å². The Morgan fingerprint density at radius 2 is 1.64 bits per heavy atom. The van der Waals surface area contributed by atoms with Crippen molar-refractivity contribution in [1.82, 2.24) is 0 Å². The summed E-state index contributed by atoms with van der Waals surface area (Å²) in [5.74, 6) is -0.0612. The van der Waals surface area contributed by atoms with E-state index in [0.717, 1.165) is 0 Å². The molecule has 0 radical (unpaired) electrons. The minimum atomic E-state index is -0.895. The number of nitrogens with two attached hydrogens (primary N) is 1. The number of hydrogen-bond donors (Lipinski definition) is 4. The van der Waals surface area contributed by atoms with Crippen LogP contribution in [0.4, 0.5) is 21.9 Å². The Kier molecular flexibility index (Phi) is 9.83. The van der Waals surface area contributed by atoms with E-state index in [-0.39, 0.29) is 19.0 Å². The summed E-state index contributed by atoms with van der Waals surface area (Å²) < 4.78 is 11.6. The SMILES string of the molecule is CC(=O)c1ccc(NC(=O)O[C@H](c2ccccc2OCCO)C(C)(C)/C=C/C(=O)Nc2ccccc2N)cc1. The quantitative estimate of drug-likeness (QED) is 0.148. The fraction of sp³-hybridized carbons (Fsp3) is 0.233. The highest BCUT2D eigenvalue weighted by atomic mass is 16.6. The van der Waals surface area contributed by atoms with Gasteiger partial charge >= 0.3 is 6.09 Å². The van der Waals surface area contributed by atoms with E-state index in [0.29, 0.717) is 33.9 Å². The number of aliphatic hydroxyl groups excluding tert-OH is 1. The second kappa shape index (κ2) is 13.3. The van der Waals surface area contributed by atoms with Gasteiger partial charge in [-0.05, 0) is 55.5 Å². The van der Waals surface area contributed by atoms with Crippen LogP contribution in [0.2, 0.25) is 0 Å². The summed E-state index contributed by atoms with van der Waals surface area (Å²) in [5.41, 5.74) is 7.46. The van der Waals surface area contributed by atoms with E-state index in [1.165, 1.54) is 13.0 Å². The second-order valence-electron chi connectivity index (χ2n) is 9.38. The number of rotatable bonds is 11. The van der Waals surface area contributed by atoms with Crippen LogP contribution in [-0.2, 0) is 9.53 Å². The maximum Gasteiger partial charge on any atom is 0.412 e. The number of hydrogen-bond acceptors (Lipinski definition) is 7. The summed E-state index contributed by atoms with van der Waals surface area (Å²) >= 11 is 0. The first-order chi connectivity index (χ1) is 18.6. The molecule has 0 aromatic heterocycles. The van der Waals surface area contributed by atoms with E-state index in [4.69, 9.17) is 15.2 Å². The Hall–Kier alpha value is -4.63. The number of nitrogen functional groups attached to an aromatic ring is 1. The number of para-hydroxylation sites is 3. The van der Waals surface area contributed by atoms with Crippen molar-refractivity contribution in [2.24, 2.45) is 5.41 Å². The molecule has 0 unspecified atom stereocenters. The number of aliphatic hydroxyl groups is 1. The number of benzene rings is 3. The van der Waals surface area contributed by atoms with Crippen LogP contribution in [0.25, 0.3) is 0 Å². The van der Waals surface area contributed by atoms with Crippen molar-refractivity contribution in [3.63, 3.8) is 0 Å². The van der Waals surface area contributed by atoms with E-state index in [2.05, 4.69) is 10.6 Å². The van der Waals surface area contributed by atoms with Crippen molar-refractivity contribution in [1.29, 1.82) is 0 Å². The summed E-state index contributed by atoms with van der Waals surface area (Å²) in [7, 11) is 0. The van der Waals surface area contributed by atoms with Crippen molar-refractivity contribution in [2.45, 2.75) is 26.9 Å². The van der Waals surface area contributed by atoms with Crippen LogP contribution in [0.15, 0.2) is 84.9 Å². The summed E-state index contributed by atoms with van der Waals surface area (Å²) in [6.07, 6.45) is 1.37. The number of amides is 2. The molecule has 9 nitrogen and oxygen atoms in total. The predicted molar refractivity (Wildman–Crippen MR) is 151 cm³/mol. The summed E-state index contributed by atoms with van der Waals surface area (Å²) in [5, 5.41) is 14.7. The van der Waals surface area contributed by atoms with Crippen molar-refractivity contribution in [3.05, 3.63) is 96.1 Å². The van der Waals surface area contributed by atoms with Crippen LogP contribution in [0.5, 0.6) is 5.75 Å². The Labute approximate surface area is 227 Å². The van der Waals surface area contributed by atoms with Crippen LogP contribution in [-0.4, -0.2) is 36.1 Å². The minimum Gasteiger partial charge on any atom is -0.491 e. The fourth-order valence-electron chi connectivity index (χ4n) is 3.81. The lowest BCUT2D eigenvalue weighted by molar-refractivity contribution is -0.112. The molecular formula is C30H33N3O6. The Balaban J connectivity index is 1.86. The van der Waals surface area contributed by atoms with Gasteiger partial charge in [0.2, 0.25) is 5.91 Å². The van der Waals surface area contributed by atoms with E-state index in [1.807, 2.05) is 13.8 Å². The largest absolute Gasteiger partial charge is 0.491 e. The molecular weight excluding hydrogens is 498 g/mol. The van der Waals surface area contributed by atoms with Crippen LogP contribution >= 0.6 is 0 Å². The lowest BCUT2D eigenvalue weighted by atomic mass is 9.81. The van der Waals surface area contributed by atoms with Gasteiger partial charge in [-0.3, -0.25) is 14.9 Å². The molecule has 0 aliphatic heterocycles. The molecule has 39 heavy (non-hydrogen) atoms. The van der Waals surface area contributed by atoms with Crippen LogP contribution in [0.1, 0.15) is 42.8 Å². The number of carbonyl (C=O) groups excluding carboxylic acids is 3. The lowest BCUT2D eigenvalue weighted by Crippen LogP contribution is -2.28. The average molecular weight is 532 g/mol. The van der Waals surface area contributed by atoms with E-state index in [1.54, 1.807) is 78.9 Å². The van der Waals surface area contributed by atoms with Gasteiger partial charge in [0.15, 0.2) is 5.78 Å². The van der Waals surface area contributed by atoms with Crippen LogP contribution in [0.3, 0.4) is 0 Å². The first-order valence-corrected chi connectivity index (χ1v) is 12.4. The van der Waals surface area contributed by atoms with Crippen molar-refractivity contribution >= 4 is 34.8 Å². The lowest BCUT2D eigenvalue weighted by Gasteiger charge is -2.32. The molecule has 204 valence electrons. The molecule has 3 aromatic rings. The Bertz CT molecular complexity index is 1330. The Morgan fingerprint density at radius 3 is 2.31 bits per heavy atom. The number of anilines is 3. The van der Waals surface area contributed by atoms with Crippen molar-refractivity contribution in [3.8, 4) is 5.75 Å². The molecule has 0 bridgehead atoms. The highest BCUT2D eigenvalue weighted by Crippen LogP contribution is 2.42. The standard InChI is InChI=1S/C30H33N3O6/c1-20(35)21-12-14-22(15-13-21)32-29(37)39-28(23-8-4-7-11-26(23)38-19-18-34)30(2,3)17-16-27(36)33-25-10-6-5-9-24(25)31/h4-17,28,34H,18-19,31H2,1-3H3,(H,32,37)(H,33,36)/b17-16+/t28-/m1/s1. The molecule has 0 saturated heterocycles. The molecule has 2 amide bonds. The van der Waals surface area contributed by atoms with Gasteiger partial charge in [0.05, 0.1) is 18.0 Å². The molecule has 0 aliphatic carbocycles. The predicted octanol–water partition coefficient (Wildman–Crippen LogP) is 5.35.